The topological polar surface area (TPSA) is 38.3 Å². The van der Waals surface area contributed by atoms with E-state index >= 15 is 0 Å². The fourth-order valence-corrected chi connectivity index (χ4v) is 1.65. The maximum Gasteiger partial charge on any atom is 0.251 e. The molecular weight excluding hydrogens is 214 g/mol. The number of carbonyl (C=O) groups excluding carboxylic acids is 1. The van der Waals surface area contributed by atoms with Gasteiger partial charge in [0, 0.05) is 19.2 Å². The van der Waals surface area contributed by atoms with E-state index in [0.29, 0.717) is 12.2 Å². The molecule has 0 aliphatic carbocycles. The molecule has 0 atom stereocenters. The lowest BCUT2D eigenvalue weighted by Crippen LogP contribution is -2.24. The molecular formula is C14H21NO2. The first-order valence-corrected chi connectivity index (χ1v) is 6.14. The Bertz CT molecular complexity index is 350. The van der Waals surface area contributed by atoms with Crippen LogP contribution >= 0.6 is 0 Å². The molecule has 1 N–H and O–H groups in total. The minimum Gasteiger partial charge on any atom is -0.380 e. The molecule has 0 aromatic heterocycles. The summed E-state index contributed by atoms with van der Waals surface area (Å²) in [6, 6.07) is 7.54. The highest BCUT2D eigenvalue weighted by molar-refractivity contribution is 5.94. The van der Waals surface area contributed by atoms with Gasteiger partial charge in [-0.15, -0.1) is 0 Å². The summed E-state index contributed by atoms with van der Waals surface area (Å²) in [6.45, 7) is 3.44. The van der Waals surface area contributed by atoms with Crippen LogP contribution in [0.15, 0.2) is 24.3 Å². The third-order valence-corrected chi connectivity index (χ3v) is 2.57. The van der Waals surface area contributed by atoms with Crippen LogP contribution in [0.25, 0.3) is 0 Å². The maximum absolute atomic E-state index is 11.8. The molecule has 0 fully saturated rings. The van der Waals surface area contributed by atoms with E-state index in [2.05, 4.69) is 12.2 Å². The summed E-state index contributed by atoms with van der Waals surface area (Å²) in [5.41, 5.74) is 1.73. The van der Waals surface area contributed by atoms with E-state index in [0.717, 1.165) is 24.9 Å². The van der Waals surface area contributed by atoms with Crippen LogP contribution in [-0.4, -0.2) is 19.6 Å². The molecule has 1 aromatic rings. The Morgan fingerprint density at radius 3 is 2.88 bits per heavy atom. The zero-order valence-electron chi connectivity index (χ0n) is 10.7. The zero-order valence-corrected chi connectivity index (χ0v) is 10.7. The predicted molar refractivity (Wildman–Crippen MR) is 69.0 cm³/mol. The molecule has 3 nitrogen and oxygen atoms in total. The first kappa shape index (κ1) is 13.7. The third-order valence-electron chi connectivity index (χ3n) is 2.57. The van der Waals surface area contributed by atoms with Gasteiger partial charge in [-0.05, 0) is 24.1 Å². The molecule has 3 heteroatoms. The van der Waals surface area contributed by atoms with Crippen LogP contribution in [0.4, 0.5) is 0 Å². The Hall–Kier alpha value is -1.35. The van der Waals surface area contributed by atoms with Gasteiger partial charge in [0.1, 0.15) is 0 Å². The number of carbonyl (C=O) groups is 1. The van der Waals surface area contributed by atoms with Gasteiger partial charge < -0.3 is 10.1 Å². The molecule has 0 aliphatic rings. The number of ether oxygens (including phenoxy) is 1. The molecule has 0 heterocycles. The lowest BCUT2D eigenvalue weighted by atomic mass is 10.1. The number of benzene rings is 1. The molecule has 1 rings (SSSR count). The van der Waals surface area contributed by atoms with Crippen LogP contribution in [-0.2, 0) is 11.3 Å². The van der Waals surface area contributed by atoms with Gasteiger partial charge >= 0.3 is 0 Å². The van der Waals surface area contributed by atoms with Crippen molar-refractivity contribution in [2.45, 2.75) is 32.8 Å². The Kier molecular flexibility index (Phi) is 6.33. The lowest BCUT2D eigenvalue weighted by molar-refractivity contribution is 0.0952. The number of rotatable bonds is 7. The third kappa shape index (κ3) is 5.00. The van der Waals surface area contributed by atoms with E-state index in [9.17, 15) is 4.79 Å². The molecule has 0 unspecified atom stereocenters. The number of hydrogen-bond acceptors (Lipinski definition) is 2. The van der Waals surface area contributed by atoms with Crippen LogP contribution < -0.4 is 5.32 Å². The van der Waals surface area contributed by atoms with Crippen LogP contribution in [0.3, 0.4) is 0 Å². The molecule has 0 spiro atoms. The number of amides is 1. The van der Waals surface area contributed by atoms with Crippen LogP contribution in [0.2, 0.25) is 0 Å². The van der Waals surface area contributed by atoms with Crippen LogP contribution in [0, 0.1) is 0 Å². The van der Waals surface area contributed by atoms with Gasteiger partial charge in [0.05, 0.1) is 6.61 Å². The monoisotopic (exact) mass is 235 g/mol. The quantitative estimate of drug-likeness (QED) is 0.738. The van der Waals surface area contributed by atoms with Crippen molar-refractivity contribution in [1.29, 1.82) is 0 Å². The molecule has 94 valence electrons. The van der Waals surface area contributed by atoms with Crippen molar-refractivity contribution >= 4 is 5.91 Å². The highest BCUT2D eigenvalue weighted by Gasteiger charge is 2.04. The van der Waals surface area contributed by atoms with Crippen LogP contribution in [0.1, 0.15) is 42.1 Å². The Balaban J connectivity index is 2.47. The smallest absolute Gasteiger partial charge is 0.251 e. The summed E-state index contributed by atoms with van der Waals surface area (Å²) in [6.07, 6.45) is 3.36. The summed E-state index contributed by atoms with van der Waals surface area (Å²) < 4.78 is 5.04. The SMILES string of the molecule is CCCCCNC(=O)c1cccc(COC)c1. The number of methoxy groups -OCH3 is 1. The standard InChI is InChI=1S/C14H21NO2/c1-3-4-5-9-15-14(16)13-8-6-7-12(10-13)11-17-2/h6-8,10H,3-5,9,11H2,1-2H3,(H,15,16). The Morgan fingerprint density at radius 1 is 1.35 bits per heavy atom. The van der Waals surface area contributed by atoms with E-state index in [1.165, 1.54) is 6.42 Å². The van der Waals surface area contributed by atoms with E-state index in [1.807, 2.05) is 24.3 Å². The summed E-state index contributed by atoms with van der Waals surface area (Å²) >= 11 is 0. The van der Waals surface area contributed by atoms with E-state index < -0.39 is 0 Å². The van der Waals surface area contributed by atoms with Crippen molar-refractivity contribution < 1.29 is 9.53 Å². The van der Waals surface area contributed by atoms with Crippen molar-refractivity contribution in [2.24, 2.45) is 0 Å². The van der Waals surface area contributed by atoms with Gasteiger partial charge in [0.25, 0.3) is 5.91 Å². The van der Waals surface area contributed by atoms with Crippen molar-refractivity contribution in [3.63, 3.8) is 0 Å². The van der Waals surface area contributed by atoms with E-state index in [1.54, 1.807) is 7.11 Å². The second-order valence-corrected chi connectivity index (χ2v) is 4.10. The number of unbranched alkanes of at least 4 members (excludes halogenated alkanes) is 2. The molecule has 0 aliphatic heterocycles. The van der Waals surface area contributed by atoms with E-state index in [4.69, 9.17) is 4.74 Å². The van der Waals surface area contributed by atoms with Gasteiger partial charge in [-0.2, -0.15) is 0 Å². The van der Waals surface area contributed by atoms with Gasteiger partial charge in [-0.25, -0.2) is 0 Å². The predicted octanol–water partition coefficient (Wildman–Crippen LogP) is 2.75. The van der Waals surface area contributed by atoms with Crippen molar-refractivity contribution in [3.8, 4) is 0 Å². The van der Waals surface area contributed by atoms with Crippen molar-refractivity contribution in [3.05, 3.63) is 35.4 Å². The summed E-state index contributed by atoms with van der Waals surface area (Å²) in [7, 11) is 1.65. The van der Waals surface area contributed by atoms with Crippen molar-refractivity contribution in [1.82, 2.24) is 5.32 Å². The van der Waals surface area contributed by atoms with Crippen LogP contribution in [0.5, 0.6) is 0 Å². The normalized spacial score (nSPS) is 10.2. The Labute approximate surface area is 103 Å². The fraction of sp³-hybridized carbons (Fsp3) is 0.500. The molecule has 17 heavy (non-hydrogen) atoms. The molecule has 1 amide bonds. The fourth-order valence-electron chi connectivity index (χ4n) is 1.65. The summed E-state index contributed by atoms with van der Waals surface area (Å²) in [4.78, 5) is 11.8. The summed E-state index contributed by atoms with van der Waals surface area (Å²) in [5.74, 6) is -0.000874. The molecule has 1 aromatic carbocycles. The van der Waals surface area contributed by atoms with Gasteiger partial charge in [-0.1, -0.05) is 31.9 Å². The number of nitrogens with one attached hydrogen (secondary N) is 1. The number of hydrogen-bond donors (Lipinski definition) is 1. The minimum absolute atomic E-state index is 0.000874. The maximum atomic E-state index is 11.8. The average molecular weight is 235 g/mol. The largest absolute Gasteiger partial charge is 0.380 e. The second-order valence-electron chi connectivity index (χ2n) is 4.10. The molecule has 0 radical (unpaired) electrons. The first-order chi connectivity index (χ1) is 8.27. The van der Waals surface area contributed by atoms with Crippen molar-refractivity contribution in [2.75, 3.05) is 13.7 Å². The zero-order chi connectivity index (χ0) is 12.5. The summed E-state index contributed by atoms with van der Waals surface area (Å²) in [5, 5.41) is 2.92. The van der Waals surface area contributed by atoms with E-state index in [-0.39, 0.29) is 5.91 Å². The molecule has 0 saturated heterocycles. The second kappa shape index (κ2) is 7.85. The highest BCUT2D eigenvalue weighted by Crippen LogP contribution is 2.06. The minimum atomic E-state index is -0.000874. The highest BCUT2D eigenvalue weighted by atomic mass is 16.5. The van der Waals surface area contributed by atoms with Gasteiger partial charge in [0.15, 0.2) is 0 Å². The van der Waals surface area contributed by atoms with Gasteiger partial charge in [0.2, 0.25) is 0 Å². The lowest BCUT2D eigenvalue weighted by Gasteiger charge is -2.06. The van der Waals surface area contributed by atoms with Gasteiger partial charge in [-0.3, -0.25) is 4.79 Å². The molecule has 0 bridgehead atoms. The Morgan fingerprint density at radius 2 is 2.18 bits per heavy atom. The molecule has 0 saturated carbocycles. The first-order valence-electron chi connectivity index (χ1n) is 6.14. The average Bonchev–Trinajstić information content (AvgIpc) is 2.35.